The smallest absolute Gasteiger partial charge is 0.305 e. The van der Waals surface area contributed by atoms with Gasteiger partial charge in [0.2, 0.25) is 5.91 Å². The van der Waals surface area contributed by atoms with Gasteiger partial charge < -0.3 is 16.2 Å². The van der Waals surface area contributed by atoms with Crippen LogP contribution in [0, 0.1) is 17.8 Å². The van der Waals surface area contributed by atoms with Gasteiger partial charge in [-0.3, -0.25) is 9.59 Å². The molecule has 5 nitrogen and oxygen atoms in total. The first kappa shape index (κ1) is 17.7. The largest absolute Gasteiger partial charge is 0.481 e. The van der Waals surface area contributed by atoms with E-state index in [1.54, 1.807) is 0 Å². The predicted molar refractivity (Wildman–Crippen MR) is 82.6 cm³/mol. The third-order valence-electron chi connectivity index (χ3n) is 3.85. The number of nitrogens with two attached hydrogens (primary N) is 1. The SMILES string of the molecule is CC(C)C(C=CC(C)(C)NC(=O)[C@@H](N)CC(=O)O)C1CC1. The van der Waals surface area contributed by atoms with Crippen LogP contribution in [-0.4, -0.2) is 28.6 Å². The lowest BCUT2D eigenvalue weighted by atomic mass is 9.88. The number of hydrogen-bond donors (Lipinski definition) is 3. The first-order valence-electron chi connectivity index (χ1n) is 7.61. The lowest BCUT2D eigenvalue weighted by Gasteiger charge is -2.26. The zero-order valence-corrected chi connectivity index (χ0v) is 13.4. The van der Waals surface area contributed by atoms with Gasteiger partial charge in [0.25, 0.3) is 0 Å². The number of hydrogen-bond acceptors (Lipinski definition) is 3. The second-order valence-corrected chi connectivity index (χ2v) is 6.93. The van der Waals surface area contributed by atoms with E-state index in [4.69, 9.17) is 10.8 Å². The number of rotatable bonds is 8. The van der Waals surface area contributed by atoms with Crippen molar-refractivity contribution in [2.75, 3.05) is 0 Å². The van der Waals surface area contributed by atoms with Gasteiger partial charge in [-0.05, 0) is 44.4 Å². The van der Waals surface area contributed by atoms with E-state index in [1.807, 2.05) is 19.9 Å². The Hall–Kier alpha value is -1.36. The number of allylic oxidation sites excluding steroid dienone is 1. The number of carbonyl (C=O) groups is 2. The number of amides is 1. The molecule has 0 aromatic carbocycles. The average Bonchev–Trinajstić information content (AvgIpc) is 3.11. The second-order valence-electron chi connectivity index (χ2n) is 6.93. The van der Waals surface area contributed by atoms with E-state index in [2.05, 4.69) is 25.2 Å². The Morgan fingerprint density at radius 1 is 1.38 bits per heavy atom. The summed E-state index contributed by atoms with van der Waals surface area (Å²) in [5.41, 5.74) is 5.04. The summed E-state index contributed by atoms with van der Waals surface area (Å²) in [5, 5.41) is 11.5. The molecule has 0 saturated heterocycles. The van der Waals surface area contributed by atoms with E-state index >= 15 is 0 Å². The summed E-state index contributed by atoms with van der Waals surface area (Å²) in [4.78, 5) is 22.5. The number of carbonyl (C=O) groups excluding carboxylic acids is 1. The van der Waals surface area contributed by atoms with Crippen molar-refractivity contribution >= 4 is 11.9 Å². The molecule has 0 aliphatic heterocycles. The summed E-state index contributed by atoms with van der Waals surface area (Å²) in [7, 11) is 0. The van der Waals surface area contributed by atoms with Crippen LogP contribution in [-0.2, 0) is 9.59 Å². The summed E-state index contributed by atoms with van der Waals surface area (Å²) in [6.45, 7) is 8.20. The summed E-state index contributed by atoms with van der Waals surface area (Å²) < 4.78 is 0. The number of aliphatic carboxylic acids is 1. The van der Waals surface area contributed by atoms with Gasteiger partial charge in [-0.15, -0.1) is 0 Å². The van der Waals surface area contributed by atoms with Gasteiger partial charge >= 0.3 is 5.97 Å². The Morgan fingerprint density at radius 3 is 2.38 bits per heavy atom. The summed E-state index contributed by atoms with van der Waals surface area (Å²) in [5.74, 6) is 0.379. The molecule has 120 valence electrons. The van der Waals surface area contributed by atoms with E-state index in [9.17, 15) is 9.59 Å². The Balaban J connectivity index is 2.59. The van der Waals surface area contributed by atoms with Crippen molar-refractivity contribution in [1.29, 1.82) is 0 Å². The van der Waals surface area contributed by atoms with E-state index in [0.29, 0.717) is 11.8 Å². The molecule has 0 heterocycles. The van der Waals surface area contributed by atoms with Crippen LogP contribution in [0.5, 0.6) is 0 Å². The fraction of sp³-hybridized carbons (Fsp3) is 0.750. The molecule has 1 unspecified atom stereocenters. The highest BCUT2D eigenvalue weighted by atomic mass is 16.4. The van der Waals surface area contributed by atoms with Crippen molar-refractivity contribution < 1.29 is 14.7 Å². The third-order valence-corrected chi connectivity index (χ3v) is 3.85. The highest BCUT2D eigenvalue weighted by Crippen LogP contribution is 2.41. The van der Waals surface area contributed by atoms with Crippen LogP contribution in [0.3, 0.4) is 0 Å². The molecule has 1 fully saturated rings. The highest BCUT2D eigenvalue weighted by Gasteiger charge is 2.32. The van der Waals surface area contributed by atoms with E-state index < -0.39 is 23.5 Å². The standard InChI is InChI=1S/C16H28N2O3/c1-10(2)12(11-5-6-11)7-8-16(3,4)18-15(21)13(17)9-14(19)20/h7-8,10-13H,5-6,9,17H2,1-4H3,(H,18,21)(H,19,20)/t12?,13-/m0/s1. The van der Waals surface area contributed by atoms with Gasteiger partial charge in [0.15, 0.2) is 0 Å². The summed E-state index contributed by atoms with van der Waals surface area (Å²) in [6, 6.07) is -1.01. The van der Waals surface area contributed by atoms with Crippen molar-refractivity contribution in [3.8, 4) is 0 Å². The predicted octanol–water partition coefficient (Wildman–Crippen LogP) is 1.92. The quantitative estimate of drug-likeness (QED) is 0.597. The summed E-state index contributed by atoms with van der Waals surface area (Å²) in [6.07, 6.45) is 6.39. The monoisotopic (exact) mass is 296 g/mol. The minimum atomic E-state index is -1.07. The molecular formula is C16H28N2O3. The number of nitrogens with one attached hydrogen (secondary N) is 1. The van der Waals surface area contributed by atoms with Crippen LogP contribution in [0.4, 0.5) is 0 Å². The molecule has 5 heteroatoms. The van der Waals surface area contributed by atoms with Crippen LogP contribution in [0.1, 0.15) is 47.0 Å². The average molecular weight is 296 g/mol. The van der Waals surface area contributed by atoms with Crippen LogP contribution in [0.25, 0.3) is 0 Å². The van der Waals surface area contributed by atoms with Gasteiger partial charge in [-0.1, -0.05) is 26.0 Å². The van der Waals surface area contributed by atoms with Gasteiger partial charge in [-0.2, -0.15) is 0 Å². The zero-order chi connectivity index (χ0) is 16.2. The maximum absolute atomic E-state index is 11.9. The fourth-order valence-electron chi connectivity index (χ4n) is 2.49. The van der Waals surface area contributed by atoms with Gasteiger partial charge in [0.05, 0.1) is 18.0 Å². The molecule has 21 heavy (non-hydrogen) atoms. The molecule has 1 aliphatic rings. The lowest BCUT2D eigenvalue weighted by Crippen LogP contribution is -2.50. The van der Waals surface area contributed by atoms with Crippen LogP contribution in [0.2, 0.25) is 0 Å². The number of carboxylic acids is 1. The van der Waals surface area contributed by atoms with E-state index in [-0.39, 0.29) is 6.42 Å². The van der Waals surface area contributed by atoms with Crippen molar-refractivity contribution in [3.63, 3.8) is 0 Å². The van der Waals surface area contributed by atoms with Crippen LogP contribution >= 0.6 is 0 Å². The van der Waals surface area contributed by atoms with E-state index in [0.717, 1.165) is 5.92 Å². The molecule has 0 aromatic heterocycles. The van der Waals surface area contributed by atoms with Crippen LogP contribution in [0.15, 0.2) is 12.2 Å². The third kappa shape index (κ3) is 6.29. The Bertz CT molecular complexity index is 410. The molecule has 2 atom stereocenters. The molecular weight excluding hydrogens is 268 g/mol. The maximum atomic E-state index is 11.9. The number of carboxylic acid groups (broad SMARTS) is 1. The Morgan fingerprint density at radius 2 is 1.95 bits per heavy atom. The molecule has 0 radical (unpaired) electrons. The lowest BCUT2D eigenvalue weighted by molar-refractivity contribution is -0.139. The van der Waals surface area contributed by atoms with Crippen molar-refractivity contribution in [3.05, 3.63) is 12.2 Å². The minimum Gasteiger partial charge on any atom is -0.481 e. The van der Waals surface area contributed by atoms with Gasteiger partial charge in [0.1, 0.15) is 0 Å². The first-order valence-corrected chi connectivity index (χ1v) is 7.61. The molecule has 1 amide bonds. The molecule has 1 rings (SSSR count). The minimum absolute atomic E-state index is 0.359. The highest BCUT2D eigenvalue weighted by molar-refractivity contribution is 5.86. The van der Waals surface area contributed by atoms with Gasteiger partial charge in [0, 0.05) is 0 Å². The molecule has 0 spiro atoms. The van der Waals surface area contributed by atoms with Crippen LogP contribution < -0.4 is 11.1 Å². The maximum Gasteiger partial charge on any atom is 0.305 e. The fourth-order valence-corrected chi connectivity index (χ4v) is 2.49. The van der Waals surface area contributed by atoms with Crippen molar-refractivity contribution in [2.45, 2.75) is 58.5 Å². The molecule has 1 saturated carbocycles. The molecule has 0 aromatic rings. The van der Waals surface area contributed by atoms with Gasteiger partial charge in [-0.25, -0.2) is 0 Å². The zero-order valence-electron chi connectivity index (χ0n) is 13.4. The summed E-state index contributed by atoms with van der Waals surface area (Å²) >= 11 is 0. The van der Waals surface area contributed by atoms with Crippen molar-refractivity contribution in [1.82, 2.24) is 5.32 Å². The Labute approximate surface area is 127 Å². The normalized spacial score (nSPS) is 18.8. The van der Waals surface area contributed by atoms with Crippen molar-refractivity contribution in [2.24, 2.45) is 23.5 Å². The first-order chi connectivity index (χ1) is 9.62. The molecule has 0 bridgehead atoms. The Kier molecular flexibility index (Phi) is 5.96. The molecule has 1 aliphatic carbocycles. The second kappa shape index (κ2) is 7.07. The van der Waals surface area contributed by atoms with E-state index in [1.165, 1.54) is 12.8 Å². The topological polar surface area (TPSA) is 92.4 Å². The molecule has 4 N–H and O–H groups in total.